The fourth-order valence-electron chi connectivity index (χ4n) is 6.14. The maximum atomic E-state index is 12.4. The van der Waals surface area contributed by atoms with E-state index in [1.807, 2.05) is 0 Å². The van der Waals surface area contributed by atoms with Crippen LogP contribution in [-0.4, -0.2) is 31.6 Å². The highest BCUT2D eigenvalue weighted by molar-refractivity contribution is 5.89. The fraction of sp³-hybridized carbons (Fsp3) is 0.609. The highest BCUT2D eigenvalue weighted by Crippen LogP contribution is 2.61. The molecule has 1 amide bonds. The van der Waals surface area contributed by atoms with E-state index in [-0.39, 0.29) is 23.9 Å². The van der Waals surface area contributed by atoms with Gasteiger partial charge in [-0.05, 0) is 79.4 Å². The molecule has 6 nitrogen and oxygen atoms in total. The lowest BCUT2D eigenvalue weighted by molar-refractivity contribution is -0.155. The van der Waals surface area contributed by atoms with E-state index in [0.717, 1.165) is 42.6 Å². The van der Waals surface area contributed by atoms with Gasteiger partial charge < -0.3 is 14.8 Å². The summed E-state index contributed by atoms with van der Waals surface area (Å²) in [7, 11) is 1.33. The molecule has 1 N–H and O–H groups in total. The highest BCUT2D eigenvalue weighted by atomic mass is 16.5. The van der Waals surface area contributed by atoms with Crippen molar-refractivity contribution in [3.63, 3.8) is 0 Å². The van der Waals surface area contributed by atoms with Crippen molar-refractivity contribution < 1.29 is 23.9 Å². The topological polar surface area (TPSA) is 81.7 Å². The summed E-state index contributed by atoms with van der Waals surface area (Å²) in [5, 5.41) is 2.74. The second kappa shape index (κ2) is 8.17. The minimum absolute atomic E-state index is 0.129. The Kier molecular flexibility index (Phi) is 5.61. The molecule has 0 atom stereocenters. The molecular formula is C23H29NO5. The van der Waals surface area contributed by atoms with Gasteiger partial charge in [0.05, 0.1) is 19.1 Å². The van der Waals surface area contributed by atoms with Crippen molar-refractivity contribution in [1.29, 1.82) is 0 Å². The van der Waals surface area contributed by atoms with Crippen LogP contribution in [0.25, 0.3) is 0 Å². The number of ether oxygens (including phenoxy) is 2. The SMILES string of the molecule is COC(=O)c1ccc(CNC(=O)COC(=O)CC23CC4CC(CC(C4)C2)C3)cc1. The molecule has 1 aromatic rings. The van der Waals surface area contributed by atoms with Gasteiger partial charge in [-0.1, -0.05) is 12.1 Å². The second-order valence-corrected chi connectivity index (χ2v) is 9.22. The highest BCUT2D eigenvalue weighted by Gasteiger charge is 2.51. The van der Waals surface area contributed by atoms with Gasteiger partial charge in [-0.3, -0.25) is 9.59 Å². The zero-order valence-electron chi connectivity index (χ0n) is 16.9. The molecule has 4 saturated carbocycles. The average Bonchev–Trinajstić information content (AvgIpc) is 2.69. The summed E-state index contributed by atoms with van der Waals surface area (Å²) >= 11 is 0. The van der Waals surface area contributed by atoms with E-state index >= 15 is 0 Å². The Hall–Kier alpha value is -2.37. The molecule has 4 aliphatic carbocycles. The molecule has 0 heterocycles. The first kappa shape index (κ1) is 19.9. The third-order valence-corrected chi connectivity index (χ3v) is 6.91. The third kappa shape index (κ3) is 4.62. The Bertz CT molecular complexity index is 750. The molecule has 4 bridgehead atoms. The van der Waals surface area contributed by atoms with E-state index in [1.54, 1.807) is 24.3 Å². The molecule has 5 rings (SSSR count). The number of hydrogen-bond donors (Lipinski definition) is 1. The van der Waals surface area contributed by atoms with Crippen LogP contribution in [0.5, 0.6) is 0 Å². The predicted molar refractivity (Wildman–Crippen MR) is 106 cm³/mol. The lowest BCUT2D eigenvalue weighted by Gasteiger charge is -2.56. The zero-order valence-corrected chi connectivity index (χ0v) is 16.9. The van der Waals surface area contributed by atoms with Gasteiger partial charge in [-0.15, -0.1) is 0 Å². The van der Waals surface area contributed by atoms with Gasteiger partial charge in [0, 0.05) is 6.54 Å². The number of nitrogens with one attached hydrogen (secondary N) is 1. The van der Waals surface area contributed by atoms with Crippen LogP contribution in [0.15, 0.2) is 24.3 Å². The monoisotopic (exact) mass is 399 g/mol. The molecule has 6 heteroatoms. The first-order chi connectivity index (χ1) is 13.9. The van der Waals surface area contributed by atoms with Crippen LogP contribution in [0.3, 0.4) is 0 Å². The average molecular weight is 399 g/mol. The maximum absolute atomic E-state index is 12.4. The fourth-order valence-corrected chi connectivity index (χ4v) is 6.14. The van der Waals surface area contributed by atoms with Gasteiger partial charge in [0.15, 0.2) is 6.61 Å². The van der Waals surface area contributed by atoms with E-state index in [9.17, 15) is 14.4 Å². The summed E-state index contributed by atoms with van der Waals surface area (Å²) in [6.45, 7) is 0.0677. The summed E-state index contributed by atoms with van der Waals surface area (Å²) < 4.78 is 9.94. The largest absolute Gasteiger partial charge is 0.465 e. The van der Waals surface area contributed by atoms with Gasteiger partial charge in [0.1, 0.15) is 0 Å². The van der Waals surface area contributed by atoms with Crippen molar-refractivity contribution >= 4 is 17.8 Å². The van der Waals surface area contributed by atoms with Gasteiger partial charge in [-0.2, -0.15) is 0 Å². The van der Waals surface area contributed by atoms with Crippen LogP contribution < -0.4 is 5.32 Å². The minimum Gasteiger partial charge on any atom is -0.465 e. The van der Waals surface area contributed by atoms with Crippen molar-refractivity contribution in [3.05, 3.63) is 35.4 Å². The maximum Gasteiger partial charge on any atom is 0.337 e. The Labute approximate surface area is 171 Å². The minimum atomic E-state index is -0.397. The van der Waals surface area contributed by atoms with E-state index in [2.05, 4.69) is 10.1 Å². The molecule has 4 fully saturated rings. The molecule has 0 spiro atoms. The summed E-state index contributed by atoms with van der Waals surface area (Å²) in [6, 6.07) is 6.81. The Morgan fingerprint density at radius 2 is 1.59 bits per heavy atom. The van der Waals surface area contributed by atoms with Gasteiger partial charge in [0.25, 0.3) is 5.91 Å². The molecule has 0 aromatic heterocycles. The molecule has 0 unspecified atom stereocenters. The van der Waals surface area contributed by atoms with Crippen molar-refractivity contribution in [2.75, 3.05) is 13.7 Å². The zero-order chi connectivity index (χ0) is 20.4. The predicted octanol–water partition coefficient (Wildman–Crippen LogP) is 3.24. The van der Waals surface area contributed by atoms with Crippen LogP contribution in [0.1, 0.15) is 60.9 Å². The van der Waals surface area contributed by atoms with Gasteiger partial charge >= 0.3 is 11.9 Å². The first-order valence-electron chi connectivity index (χ1n) is 10.5. The molecule has 29 heavy (non-hydrogen) atoms. The second-order valence-electron chi connectivity index (χ2n) is 9.22. The number of amides is 1. The third-order valence-electron chi connectivity index (χ3n) is 6.91. The number of carbonyl (C=O) groups excluding carboxylic acids is 3. The van der Waals surface area contributed by atoms with Crippen molar-refractivity contribution in [2.24, 2.45) is 23.2 Å². The van der Waals surface area contributed by atoms with E-state index in [4.69, 9.17) is 4.74 Å². The van der Waals surface area contributed by atoms with Gasteiger partial charge in [-0.25, -0.2) is 4.79 Å². The smallest absolute Gasteiger partial charge is 0.337 e. The lowest BCUT2D eigenvalue weighted by Crippen LogP contribution is -2.47. The molecular weight excluding hydrogens is 370 g/mol. The molecule has 4 aliphatic rings. The van der Waals surface area contributed by atoms with E-state index in [0.29, 0.717) is 18.5 Å². The van der Waals surface area contributed by atoms with Crippen molar-refractivity contribution in [2.45, 2.75) is 51.5 Å². The van der Waals surface area contributed by atoms with Crippen LogP contribution in [0.2, 0.25) is 0 Å². The molecule has 156 valence electrons. The van der Waals surface area contributed by atoms with Crippen molar-refractivity contribution in [1.82, 2.24) is 5.32 Å². The summed E-state index contributed by atoms with van der Waals surface area (Å²) in [6.07, 6.45) is 7.95. The summed E-state index contributed by atoms with van der Waals surface area (Å²) in [5.74, 6) is 1.42. The van der Waals surface area contributed by atoms with Crippen LogP contribution >= 0.6 is 0 Å². The van der Waals surface area contributed by atoms with Crippen LogP contribution in [-0.2, 0) is 25.6 Å². The summed E-state index contributed by atoms with van der Waals surface area (Å²) in [4.78, 5) is 35.9. The van der Waals surface area contributed by atoms with Gasteiger partial charge in [0.2, 0.25) is 0 Å². The number of carbonyl (C=O) groups is 3. The number of benzene rings is 1. The first-order valence-corrected chi connectivity index (χ1v) is 10.5. The molecule has 0 saturated heterocycles. The van der Waals surface area contributed by atoms with E-state index in [1.165, 1.54) is 26.4 Å². The number of esters is 2. The quantitative estimate of drug-likeness (QED) is 0.712. The lowest BCUT2D eigenvalue weighted by atomic mass is 9.49. The normalized spacial score (nSPS) is 29.3. The number of hydrogen-bond acceptors (Lipinski definition) is 5. The van der Waals surface area contributed by atoms with Crippen LogP contribution in [0, 0.1) is 23.2 Å². The standard InChI is InChI=1S/C23H29NO5/c1-28-22(27)19-4-2-15(3-5-19)13-24-20(25)14-29-21(26)12-23-9-16-6-17(10-23)8-18(7-16)11-23/h2-5,16-18H,6-14H2,1H3,(H,24,25). The number of rotatable bonds is 7. The Balaban J connectivity index is 1.20. The van der Waals surface area contributed by atoms with Crippen molar-refractivity contribution in [3.8, 4) is 0 Å². The molecule has 0 aliphatic heterocycles. The molecule has 0 radical (unpaired) electrons. The Morgan fingerprint density at radius 3 is 2.14 bits per heavy atom. The van der Waals surface area contributed by atoms with Crippen LogP contribution in [0.4, 0.5) is 0 Å². The Morgan fingerprint density at radius 1 is 1.00 bits per heavy atom. The van der Waals surface area contributed by atoms with E-state index < -0.39 is 5.97 Å². The number of methoxy groups -OCH3 is 1. The molecule has 1 aromatic carbocycles. The summed E-state index contributed by atoms with van der Waals surface area (Å²) in [5.41, 5.74) is 1.44.